The van der Waals surface area contributed by atoms with Gasteiger partial charge >= 0.3 is 5.97 Å². The molecule has 0 amide bonds. The summed E-state index contributed by atoms with van der Waals surface area (Å²) in [4.78, 5) is 12.3. The summed E-state index contributed by atoms with van der Waals surface area (Å²) < 4.78 is 0. The molecule has 0 spiro atoms. The molecule has 3 heteroatoms. The fraction of sp³-hybridized carbons (Fsp3) is 0.611. The van der Waals surface area contributed by atoms with E-state index in [-0.39, 0.29) is 0 Å². The van der Waals surface area contributed by atoms with Gasteiger partial charge in [-0.15, -0.1) is 0 Å². The Balaban J connectivity index is 1.74. The number of hydrogen-bond acceptors (Lipinski definition) is 1. The molecular weight excluding hydrogens is 284 g/mol. The highest BCUT2D eigenvalue weighted by molar-refractivity contribution is 6.31. The van der Waals surface area contributed by atoms with E-state index in [2.05, 4.69) is 0 Å². The van der Waals surface area contributed by atoms with Gasteiger partial charge in [-0.3, -0.25) is 4.79 Å². The summed E-state index contributed by atoms with van der Waals surface area (Å²) in [6.07, 6.45) is 6.41. The fourth-order valence-corrected chi connectivity index (χ4v) is 5.90. The number of hydrogen-bond donors (Lipinski definition) is 1. The molecule has 1 aromatic carbocycles. The summed E-state index contributed by atoms with van der Waals surface area (Å²) in [5.41, 5.74) is 0.437. The molecule has 1 N–H and O–H groups in total. The van der Waals surface area contributed by atoms with Crippen molar-refractivity contribution < 1.29 is 9.90 Å². The molecule has 0 atom stereocenters. The minimum absolute atomic E-state index is 0.350. The number of aliphatic carboxylic acids is 1. The van der Waals surface area contributed by atoms with E-state index in [1.807, 2.05) is 24.3 Å². The standard InChI is InChI=1S/C18H21ClO2/c19-16-4-2-1-3-13(16)10-18(17(20)21)14-6-11-5-12(8-14)9-15(18)7-11/h1-4,11-12,14-15H,5-10H2,(H,20,21). The highest BCUT2D eigenvalue weighted by Gasteiger charge is 2.61. The molecule has 0 saturated heterocycles. The third-order valence-corrected chi connectivity index (χ3v) is 6.80. The van der Waals surface area contributed by atoms with Gasteiger partial charge in [0, 0.05) is 5.02 Å². The zero-order chi connectivity index (χ0) is 14.6. The second-order valence-corrected chi connectivity index (χ2v) is 7.83. The van der Waals surface area contributed by atoms with Gasteiger partial charge in [0.25, 0.3) is 0 Å². The Labute approximate surface area is 130 Å². The van der Waals surface area contributed by atoms with Gasteiger partial charge in [-0.25, -0.2) is 0 Å². The van der Waals surface area contributed by atoms with Crippen LogP contribution >= 0.6 is 11.6 Å². The lowest BCUT2D eigenvalue weighted by Gasteiger charge is -2.59. The lowest BCUT2D eigenvalue weighted by molar-refractivity contribution is -0.177. The van der Waals surface area contributed by atoms with Gasteiger partial charge in [0.2, 0.25) is 0 Å². The van der Waals surface area contributed by atoms with Gasteiger partial charge in [-0.1, -0.05) is 29.8 Å². The van der Waals surface area contributed by atoms with E-state index >= 15 is 0 Å². The van der Waals surface area contributed by atoms with Crippen LogP contribution in [-0.2, 0) is 11.2 Å². The van der Waals surface area contributed by atoms with Crippen LogP contribution in [0.3, 0.4) is 0 Å². The second kappa shape index (κ2) is 4.74. The second-order valence-electron chi connectivity index (χ2n) is 7.42. The molecule has 5 rings (SSSR count). The number of benzene rings is 1. The molecule has 21 heavy (non-hydrogen) atoms. The summed E-state index contributed by atoms with van der Waals surface area (Å²) >= 11 is 6.31. The van der Waals surface area contributed by atoms with Gasteiger partial charge in [0.05, 0.1) is 5.41 Å². The zero-order valence-electron chi connectivity index (χ0n) is 12.1. The van der Waals surface area contributed by atoms with Crippen LogP contribution < -0.4 is 0 Å². The van der Waals surface area contributed by atoms with Crippen molar-refractivity contribution in [3.05, 3.63) is 34.9 Å². The topological polar surface area (TPSA) is 37.3 Å². The third kappa shape index (κ3) is 1.95. The highest BCUT2D eigenvalue weighted by atomic mass is 35.5. The van der Waals surface area contributed by atoms with Gasteiger partial charge < -0.3 is 5.11 Å². The molecule has 4 bridgehead atoms. The minimum Gasteiger partial charge on any atom is -0.481 e. The average Bonchev–Trinajstić information content (AvgIpc) is 2.44. The molecule has 0 aliphatic heterocycles. The molecule has 0 heterocycles. The number of carbonyl (C=O) groups is 1. The van der Waals surface area contributed by atoms with Crippen LogP contribution in [0.15, 0.2) is 24.3 Å². The first-order valence-electron chi connectivity index (χ1n) is 8.06. The van der Waals surface area contributed by atoms with Crippen LogP contribution in [0.4, 0.5) is 0 Å². The van der Waals surface area contributed by atoms with E-state index < -0.39 is 11.4 Å². The Hall–Kier alpha value is -1.02. The Morgan fingerprint density at radius 2 is 1.67 bits per heavy atom. The highest BCUT2D eigenvalue weighted by Crippen LogP contribution is 2.63. The van der Waals surface area contributed by atoms with E-state index in [1.54, 1.807) is 0 Å². The molecule has 4 aliphatic carbocycles. The maximum absolute atomic E-state index is 12.3. The molecule has 0 aromatic heterocycles. The third-order valence-electron chi connectivity index (χ3n) is 6.43. The van der Waals surface area contributed by atoms with Crippen molar-refractivity contribution in [2.24, 2.45) is 29.1 Å². The first-order chi connectivity index (χ1) is 10.1. The van der Waals surface area contributed by atoms with Crippen LogP contribution in [0, 0.1) is 29.1 Å². The smallest absolute Gasteiger partial charge is 0.310 e. The number of halogens is 1. The lowest BCUT2D eigenvalue weighted by Crippen LogP contribution is -2.57. The number of carboxylic acids is 1. The summed E-state index contributed by atoms with van der Waals surface area (Å²) in [7, 11) is 0. The molecular formula is C18H21ClO2. The van der Waals surface area contributed by atoms with E-state index in [1.165, 1.54) is 6.42 Å². The predicted octanol–water partition coefficient (Wildman–Crippen LogP) is 4.41. The Morgan fingerprint density at radius 1 is 1.10 bits per heavy atom. The monoisotopic (exact) mass is 304 g/mol. The van der Waals surface area contributed by atoms with Gasteiger partial charge in [0.1, 0.15) is 0 Å². The molecule has 4 fully saturated rings. The summed E-state index contributed by atoms with van der Waals surface area (Å²) in [5.74, 6) is 1.68. The molecule has 0 unspecified atom stereocenters. The molecule has 0 radical (unpaired) electrons. The lowest BCUT2D eigenvalue weighted by atomic mass is 9.44. The van der Waals surface area contributed by atoms with Crippen LogP contribution in [0.2, 0.25) is 5.02 Å². The maximum Gasteiger partial charge on any atom is 0.310 e. The molecule has 4 saturated carbocycles. The minimum atomic E-state index is -0.587. The molecule has 112 valence electrons. The first-order valence-corrected chi connectivity index (χ1v) is 8.44. The van der Waals surface area contributed by atoms with E-state index in [0.29, 0.717) is 23.3 Å². The van der Waals surface area contributed by atoms with Crippen molar-refractivity contribution in [3.8, 4) is 0 Å². The van der Waals surface area contributed by atoms with Crippen molar-refractivity contribution in [2.75, 3.05) is 0 Å². The predicted molar refractivity (Wildman–Crippen MR) is 82.3 cm³/mol. The average molecular weight is 305 g/mol. The quantitative estimate of drug-likeness (QED) is 0.898. The van der Waals surface area contributed by atoms with Crippen molar-refractivity contribution in [3.63, 3.8) is 0 Å². The summed E-state index contributed by atoms with van der Waals surface area (Å²) in [6.45, 7) is 0. The zero-order valence-corrected chi connectivity index (χ0v) is 12.9. The summed E-state index contributed by atoms with van der Waals surface area (Å²) in [5, 5.41) is 10.8. The normalized spacial score (nSPS) is 40.4. The van der Waals surface area contributed by atoms with E-state index in [4.69, 9.17) is 11.6 Å². The maximum atomic E-state index is 12.3. The first kappa shape index (κ1) is 13.6. The van der Waals surface area contributed by atoms with Gasteiger partial charge in [-0.05, 0) is 73.8 Å². The summed E-state index contributed by atoms with van der Waals surface area (Å²) in [6, 6.07) is 7.75. The SMILES string of the molecule is O=C(O)C1(Cc2ccccc2Cl)C2CC3CC(C2)CC1C3. The van der Waals surface area contributed by atoms with Crippen LogP contribution in [0.5, 0.6) is 0 Å². The largest absolute Gasteiger partial charge is 0.481 e. The molecule has 4 aliphatic rings. The van der Waals surface area contributed by atoms with Crippen molar-refractivity contribution >= 4 is 17.6 Å². The van der Waals surface area contributed by atoms with Crippen LogP contribution in [0.1, 0.15) is 37.7 Å². The van der Waals surface area contributed by atoms with Crippen LogP contribution in [0.25, 0.3) is 0 Å². The fourth-order valence-electron chi connectivity index (χ4n) is 5.70. The Bertz CT molecular complexity index is 552. The molecule has 1 aromatic rings. The van der Waals surface area contributed by atoms with Gasteiger partial charge in [0.15, 0.2) is 0 Å². The van der Waals surface area contributed by atoms with Crippen molar-refractivity contribution in [1.29, 1.82) is 0 Å². The Morgan fingerprint density at radius 3 is 2.19 bits per heavy atom. The Kier molecular flexibility index (Phi) is 3.08. The number of carboxylic acid groups (broad SMARTS) is 1. The molecule has 2 nitrogen and oxygen atoms in total. The van der Waals surface area contributed by atoms with Gasteiger partial charge in [-0.2, -0.15) is 0 Å². The van der Waals surface area contributed by atoms with Crippen molar-refractivity contribution in [1.82, 2.24) is 0 Å². The van der Waals surface area contributed by atoms with Crippen molar-refractivity contribution in [2.45, 2.75) is 38.5 Å². The van der Waals surface area contributed by atoms with E-state index in [0.717, 1.165) is 43.1 Å². The van der Waals surface area contributed by atoms with Crippen LogP contribution in [-0.4, -0.2) is 11.1 Å². The number of rotatable bonds is 3. The van der Waals surface area contributed by atoms with E-state index in [9.17, 15) is 9.90 Å².